The van der Waals surface area contributed by atoms with Gasteiger partial charge >= 0.3 is 6.18 Å². The van der Waals surface area contributed by atoms with Crippen molar-refractivity contribution < 1.29 is 18.0 Å². The number of nitrogens with two attached hydrogens (primary N) is 1. The Hall–Kier alpha value is -1.36. The van der Waals surface area contributed by atoms with Gasteiger partial charge < -0.3 is 5.73 Å². The van der Waals surface area contributed by atoms with Crippen molar-refractivity contribution in [3.63, 3.8) is 0 Å². The van der Waals surface area contributed by atoms with Crippen LogP contribution in [0.2, 0.25) is 0 Å². The number of alkyl halides is 3. The van der Waals surface area contributed by atoms with Gasteiger partial charge in [0.05, 0.1) is 5.56 Å². The first kappa shape index (κ1) is 15.7. The van der Waals surface area contributed by atoms with Crippen LogP contribution in [-0.2, 0) is 6.18 Å². The monoisotopic (exact) mass is 273 g/mol. The minimum atomic E-state index is -4.41. The Kier molecular flexibility index (Phi) is 6.02. The minimum absolute atomic E-state index is 0.133. The second-order valence-electron chi connectivity index (χ2n) is 4.45. The molecule has 0 spiro atoms. The van der Waals surface area contributed by atoms with Gasteiger partial charge in [-0.3, -0.25) is 4.79 Å². The Labute approximate surface area is 110 Å². The molecule has 0 saturated heterocycles. The lowest BCUT2D eigenvalue weighted by Gasteiger charge is -2.08. The summed E-state index contributed by atoms with van der Waals surface area (Å²) >= 11 is 0. The highest BCUT2D eigenvalue weighted by molar-refractivity contribution is 5.96. The smallest absolute Gasteiger partial charge is 0.330 e. The van der Waals surface area contributed by atoms with E-state index in [2.05, 4.69) is 0 Å². The van der Waals surface area contributed by atoms with Crippen molar-refractivity contribution >= 4 is 5.78 Å². The number of Topliss-reactive ketones (excluding diaryl/α,β-unsaturated/α-hetero) is 1. The first-order valence-corrected chi connectivity index (χ1v) is 6.35. The normalized spacial score (nSPS) is 11.6. The molecule has 0 amide bonds. The molecule has 0 aromatic heterocycles. The standard InChI is InChI=1S/C14H18F3NO/c15-14(16,17)12-7-5-6-11(10-12)13(19)8-3-1-2-4-9-18/h5-7,10H,1-4,8-9,18H2. The number of ketones is 1. The summed E-state index contributed by atoms with van der Waals surface area (Å²) in [6, 6.07) is 4.59. The highest BCUT2D eigenvalue weighted by atomic mass is 19.4. The zero-order valence-corrected chi connectivity index (χ0v) is 10.7. The lowest BCUT2D eigenvalue weighted by Crippen LogP contribution is -2.07. The second kappa shape index (κ2) is 7.28. The van der Waals surface area contributed by atoms with Crippen LogP contribution in [0.3, 0.4) is 0 Å². The summed E-state index contributed by atoms with van der Waals surface area (Å²) < 4.78 is 37.5. The second-order valence-corrected chi connectivity index (χ2v) is 4.45. The maximum atomic E-state index is 12.5. The fourth-order valence-electron chi connectivity index (χ4n) is 1.80. The third kappa shape index (κ3) is 5.42. The van der Waals surface area contributed by atoms with E-state index in [0.717, 1.165) is 31.4 Å². The Morgan fingerprint density at radius 1 is 1.11 bits per heavy atom. The van der Waals surface area contributed by atoms with Gasteiger partial charge in [-0.05, 0) is 31.5 Å². The van der Waals surface area contributed by atoms with Crippen LogP contribution in [0.1, 0.15) is 48.0 Å². The molecule has 2 N–H and O–H groups in total. The topological polar surface area (TPSA) is 43.1 Å². The van der Waals surface area contributed by atoms with E-state index < -0.39 is 11.7 Å². The number of unbranched alkanes of at least 4 members (excludes halogenated alkanes) is 3. The molecule has 5 heteroatoms. The van der Waals surface area contributed by atoms with Crippen molar-refractivity contribution in [2.24, 2.45) is 5.73 Å². The molecule has 0 unspecified atom stereocenters. The summed E-state index contributed by atoms with van der Waals surface area (Å²) in [4.78, 5) is 11.8. The predicted octanol–water partition coefficient (Wildman–Crippen LogP) is 3.80. The van der Waals surface area contributed by atoms with Crippen LogP contribution in [-0.4, -0.2) is 12.3 Å². The van der Waals surface area contributed by atoms with Crippen molar-refractivity contribution in [3.8, 4) is 0 Å². The van der Waals surface area contributed by atoms with Crippen LogP contribution in [0.4, 0.5) is 13.2 Å². The molecule has 0 radical (unpaired) electrons. The van der Waals surface area contributed by atoms with Gasteiger partial charge in [0.2, 0.25) is 0 Å². The number of halogens is 3. The number of hydrogen-bond acceptors (Lipinski definition) is 2. The fourth-order valence-corrected chi connectivity index (χ4v) is 1.80. The third-order valence-corrected chi connectivity index (χ3v) is 2.87. The quantitative estimate of drug-likeness (QED) is 0.606. The summed E-state index contributed by atoms with van der Waals surface area (Å²) in [7, 11) is 0. The van der Waals surface area contributed by atoms with Gasteiger partial charge in [-0.2, -0.15) is 13.2 Å². The SMILES string of the molecule is NCCCCCCC(=O)c1cccc(C(F)(F)F)c1. The van der Waals surface area contributed by atoms with Crippen LogP contribution >= 0.6 is 0 Å². The van der Waals surface area contributed by atoms with Gasteiger partial charge in [-0.25, -0.2) is 0 Å². The lowest BCUT2D eigenvalue weighted by atomic mass is 10.0. The highest BCUT2D eigenvalue weighted by Crippen LogP contribution is 2.29. The van der Waals surface area contributed by atoms with E-state index in [0.29, 0.717) is 13.0 Å². The molecule has 0 bridgehead atoms. The van der Waals surface area contributed by atoms with Crippen LogP contribution in [0.5, 0.6) is 0 Å². The van der Waals surface area contributed by atoms with Crippen molar-refractivity contribution in [3.05, 3.63) is 35.4 Å². The molecule has 0 aliphatic rings. The fraction of sp³-hybridized carbons (Fsp3) is 0.500. The van der Waals surface area contributed by atoms with E-state index in [1.807, 2.05) is 0 Å². The van der Waals surface area contributed by atoms with Crippen molar-refractivity contribution in [2.75, 3.05) is 6.54 Å². The largest absolute Gasteiger partial charge is 0.416 e. The molecule has 0 fully saturated rings. The number of carbonyl (C=O) groups is 1. The highest BCUT2D eigenvalue weighted by Gasteiger charge is 2.30. The van der Waals surface area contributed by atoms with Crippen molar-refractivity contribution in [1.29, 1.82) is 0 Å². The zero-order chi connectivity index (χ0) is 14.3. The average molecular weight is 273 g/mol. The number of carbonyl (C=O) groups excluding carboxylic acids is 1. The molecule has 0 heterocycles. The Balaban J connectivity index is 2.53. The zero-order valence-electron chi connectivity index (χ0n) is 10.7. The van der Waals surface area contributed by atoms with E-state index in [1.165, 1.54) is 12.1 Å². The van der Waals surface area contributed by atoms with Gasteiger partial charge in [0, 0.05) is 12.0 Å². The molecular formula is C14H18F3NO. The first-order valence-electron chi connectivity index (χ1n) is 6.35. The van der Waals surface area contributed by atoms with Crippen LogP contribution in [0.15, 0.2) is 24.3 Å². The van der Waals surface area contributed by atoms with Gasteiger partial charge in [0.1, 0.15) is 0 Å². The molecule has 0 saturated carbocycles. The molecule has 0 aliphatic carbocycles. The Bertz CT molecular complexity index is 415. The number of benzene rings is 1. The van der Waals surface area contributed by atoms with E-state index in [9.17, 15) is 18.0 Å². The molecule has 0 atom stereocenters. The van der Waals surface area contributed by atoms with Crippen LogP contribution < -0.4 is 5.73 Å². The minimum Gasteiger partial charge on any atom is -0.330 e. The van der Waals surface area contributed by atoms with E-state index >= 15 is 0 Å². The summed E-state index contributed by atoms with van der Waals surface area (Å²) in [6.45, 7) is 0.627. The Morgan fingerprint density at radius 2 is 1.79 bits per heavy atom. The van der Waals surface area contributed by atoms with Crippen LogP contribution in [0, 0.1) is 0 Å². The Morgan fingerprint density at radius 3 is 2.42 bits per heavy atom. The first-order chi connectivity index (χ1) is 8.95. The van der Waals surface area contributed by atoms with Crippen molar-refractivity contribution in [1.82, 2.24) is 0 Å². The maximum Gasteiger partial charge on any atom is 0.416 e. The van der Waals surface area contributed by atoms with Gasteiger partial charge in [0.15, 0.2) is 5.78 Å². The van der Waals surface area contributed by atoms with E-state index in [1.54, 1.807) is 0 Å². The summed E-state index contributed by atoms with van der Waals surface area (Å²) in [5, 5.41) is 0. The summed E-state index contributed by atoms with van der Waals surface area (Å²) in [5.74, 6) is -0.237. The lowest BCUT2D eigenvalue weighted by molar-refractivity contribution is -0.137. The van der Waals surface area contributed by atoms with E-state index in [-0.39, 0.29) is 17.8 Å². The molecule has 106 valence electrons. The molecular weight excluding hydrogens is 255 g/mol. The van der Waals surface area contributed by atoms with Gasteiger partial charge in [-0.15, -0.1) is 0 Å². The molecule has 0 aliphatic heterocycles. The molecule has 1 aromatic carbocycles. The average Bonchev–Trinajstić information content (AvgIpc) is 2.37. The molecule has 2 nitrogen and oxygen atoms in total. The number of hydrogen-bond donors (Lipinski definition) is 1. The summed E-state index contributed by atoms with van der Waals surface area (Å²) in [5.41, 5.74) is 4.70. The van der Waals surface area contributed by atoms with Gasteiger partial charge in [-0.1, -0.05) is 25.0 Å². The molecule has 1 rings (SSSR count). The van der Waals surface area contributed by atoms with E-state index in [4.69, 9.17) is 5.73 Å². The predicted molar refractivity (Wildman–Crippen MR) is 67.9 cm³/mol. The summed E-state index contributed by atoms with van der Waals surface area (Å²) in [6.07, 6.45) is -0.690. The molecule has 1 aromatic rings. The maximum absolute atomic E-state index is 12.5. The third-order valence-electron chi connectivity index (χ3n) is 2.87. The molecule has 19 heavy (non-hydrogen) atoms. The van der Waals surface area contributed by atoms with Crippen molar-refractivity contribution in [2.45, 2.75) is 38.3 Å². The van der Waals surface area contributed by atoms with Crippen LogP contribution in [0.25, 0.3) is 0 Å². The van der Waals surface area contributed by atoms with Gasteiger partial charge in [0.25, 0.3) is 0 Å². The number of rotatable bonds is 7.